The normalized spacial score (nSPS) is 13.6. The highest BCUT2D eigenvalue weighted by Crippen LogP contribution is 2.25. The van der Waals surface area contributed by atoms with Crippen LogP contribution in [0.25, 0.3) is 17.0 Å². The maximum absolute atomic E-state index is 12.6. The van der Waals surface area contributed by atoms with Crippen LogP contribution in [0.3, 0.4) is 0 Å². The molecule has 3 aromatic rings. The fourth-order valence-electron chi connectivity index (χ4n) is 3.24. The largest absolute Gasteiger partial charge is 0.359 e. The Bertz CT molecular complexity index is 926. The lowest BCUT2D eigenvalue weighted by Crippen LogP contribution is -2.38. The summed E-state index contributed by atoms with van der Waals surface area (Å²) in [6.45, 7) is 5.18. The molecule has 0 spiro atoms. The van der Waals surface area contributed by atoms with Crippen LogP contribution in [0.1, 0.15) is 16.7 Å². The summed E-state index contributed by atoms with van der Waals surface area (Å²) < 4.78 is 0. The summed E-state index contributed by atoms with van der Waals surface area (Å²) in [7, 11) is 0. The molecule has 4 nitrogen and oxygen atoms in total. The van der Waals surface area contributed by atoms with Crippen molar-refractivity contribution in [2.24, 2.45) is 0 Å². The molecule has 0 saturated carbocycles. The van der Waals surface area contributed by atoms with Gasteiger partial charge in [0.15, 0.2) is 0 Å². The molecule has 0 atom stereocenters. The number of rotatable bonds is 2. The molecule has 2 heterocycles. The molecule has 0 aliphatic carbocycles. The summed E-state index contributed by atoms with van der Waals surface area (Å²) in [5.41, 5.74) is 5.49. The third kappa shape index (κ3) is 2.56. The molecule has 0 bridgehead atoms. The minimum atomic E-state index is -0.0572. The van der Waals surface area contributed by atoms with Gasteiger partial charge in [-0.15, -0.1) is 0 Å². The lowest BCUT2D eigenvalue weighted by Gasteiger charge is -2.29. The number of hydrogen-bond acceptors (Lipinski definition) is 1. The molecule has 24 heavy (non-hydrogen) atoms. The lowest BCUT2D eigenvalue weighted by atomic mass is 9.97. The van der Waals surface area contributed by atoms with Gasteiger partial charge in [0.2, 0.25) is 0 Å². The zero-order chi connectivity index (χ0) is 16.5. The summed E-state index contributed by atoms with van der Waals surface area (Å²) in [5, 5.41) is 4.05. The fourth-order valence-corrected chi connectivity index (χ4v) is 3.24. The summed E-state index contributed by atoms with van der Waals surface area (Å²) >= 11 is 0. The molecule has 2 N–H and O–H groups in total. The Morgan fingerprint density at radius 3 is 2.96 bits per heavy atom. The van der Waals surface area contributed by atoms with Crippen LogP contribution in [0.15, 0.2) is 55.2 Å². The standard InChI is InChI=1S/C20H19N3O/c1-2-14-7-8-16-13-23(10-9-15(16)11-14)20(24)22-19-12-21-18-6-4-3-5-17(18)19/h2-8,11-12,21H,1,9-10,13H2,(H,22,24). The van der Waals surface area contributed by atoms with E-state index in [4.69, 9.17) is 0 Å². The van der Waals surface area contributed by atoms with Crippen molar-refractivity contribution < 1.29 is 4.79 Å². The molecule has 2 amide bonds. The number of para-hydroxylation sites is 1. The minimum absolute atomic E-state index is 0.0572. The monoisotopic (exact) mass is 317 g/mol. The van der Waals surface area contributed by atoms with Crippen molar-refractivity contribution in [1.82, 2.24) is 9.88 Å². The van der Waals surface area contributed by atoms with Gasteiger partial charge in [-0.2, -0.15) is 0 Å². The second kappa shape index (κ2) is 5.89. The quantitative estimate of drug-likeness (QED) is 0.723. The molecule has 2 aromatic carbocycles. The maximum Gasteiger partial charge on any atom is 0.322 e. The average Bonchev–Trinajstić information content (AvgIpc) is 3.04. The summed E-state index contributed by atoms with van der Waals surface area (Å²) in [5.74, 6) is 0. The summed E-state index contributed by atoms with van der Waals surface area (Å²) in [6.07, 6.45) is 4.57. The van der Waals surface area contributed by atoms with Gasteiger partial charge < -0.3 is 15.2 Å². The number of nitrogens with one attached hydrogen (secondary N) is 2. The third-order valence-corrected chi connectivity index (χ3v) is 4.60. The van der Waals surface area contributed by atoms with Crippen molar-refractivity contribution >= 4 is 28.7 Å². The van der Waals surface area contributed by atoms with E-state index in [1.807, 2.05) is 47.5 Å². The van der Waals surface area contributed by atoms with Gasteiger partial charge in [0, 0.05) is 30.2 Å². The van der Waals surface area contributed by atoms with E-state index in [-0.39, 0.29) is 6.03 Å². The molecule has 0 saturated heterocycles. The van der Waals surface area contributed by atoms with Gasteiger partial charge in [-0.25, -0.2) is 4.79 Å². The molecule has 0 unspecified atom stereocenters. The Hall–Kier alpha value is -3.01. The first kappa shape index (κ1) is 14.6. The van der Waals surface area contributed by atoms with Gasteiger partial charge in [-0.05, 0) is 29.2 Å². The second-order valence-electron chi connectivity index (χ2n) is 6.08. The third-order valence-electron chi connectivity index (χ3n) is 4.60. The van der Waals surface area contributed by atoms with E-state index in [2.05, 4.69) is 29.0 Å². The van der Waals surface area contributed by atoms with E-state index in [0.717, 1.165) is 35.1 Å². The first-order valence-corrected chi connectivity index (χ1v) is 8.11. The molecular formula is C20H19N3O. The maximum atomic E-state index is 12.6. The molecular weight excluding hydrogens is 298 g/mol. The highest BCUT2D eigenvalue weighted by atomic mass is 16.2. The summed E-state index contributed by atoms with van der Waals surface area (Å²) in [6, 6.07) is 14.2. The van der Waals surface area contributed by atoms with E-state index >= 15 is 0 Å². The number of H-pyrrole nitrogens is 1. The second-order valence-corrected chi connectivity index (χ2v) is 6.08. The van der Waals surface area contributed by atoms with Crippen LogP contribution in [-0.2, 0) is 13.0 Å². The van der Waals surface area contributed by atoms with Crippen LogP contribution >= 0.6 is 0 Å². The van der Waals surface area contributed by atoms with Gasteiger partial charge in [0.1, 0.15) is 0 Å². The van der Waals surface area contributed by atoms with Gasteiger partial charge in [0.25, 0.3) is 0 Å². The first-order chi connectivity index (χ1) is 11.7. The number of amides is 2. The van der Waals surface area contributed by atoms with Crippen LogP contribution < -0.4 is 5.32 Å². The number of benzene rings is 2. The van der Waals surface area contributed by atoms with Gasteiger partial charge in [0.05, 0.1) is 5.69 Å². The smallest absolute Gasteiger partial charge is 0.322 e. The van der Waals surface area contributed by atoms with E-state index < -0.39 is 0 Å². The Labute approximate surface area is 140 Å². The number of hydrogen-bond donors (Lipinski definition) is 2. The Morgan fingerprint density at radius 2 is 2.08 bits per heavy atom. The number of carbonyl (C=O) groups is 1. The van der Waals surface area contributed by atoms with Crippen molar-refractivity contribution in [2.45, 2.75) is 13.0 Å². The van der Waals surface area contributed by atoms with Crippen LogP contribution in [0.4, 0.5) is 10.5 Å². The Balaban J connectivity index is 1.52. The number of carbonyl (C=O) groups excluding carboxylic acids is 1. The van der Waals surface area contributed by atoms with E-state index in [1.54, 1.807) is 0 Å². The molecule has 120 valence electrons. The molecule has 1 aliphatic rings. The molecule has 0 fully saturated rings. The van der Waals surface area contributed by atoms with Gasteiger partial charge in [-0.3, -0.25) is 0 Å². The highest BCUT2D eigenvalue weighted by molar-refractivity contribution is 6.01. The number of anilines is 1. The van der Waals surface area contributed by atoms with Crippen LogP contribution in [-0.4, -0.2) is 22.5 Å². The van der Waals surface area contributed by atoms with E-state index in [9.17, 15) is 4.79 Å². The van der Waals surface area contributed by atoms with E-state index in [0.29, 0.717) is 6.54 Å². The van der Waals surface area contributed by atoms with E-state index in [1.165, 1.54) is 11.1 Å². The van der Waals surface area contributed by atoms with Crippen LogP contribution in [0.2, 0.25) is 0 Å². The fraction of sp³-hybridized carbons (Fsp3) is 0.150. The van der Waals surface area contributed by atoms with Crippen molar-refractivity contribution in [2.75, 3.05) is 11.9 Å². The highest BCUT2D eigenvalue weighted by Gasteiger charge is 2.21. The minimum Gasteiger partial charge on any atom is -0.359 e. The van der Waals surface area contributed by atoms with Gasteiger partial charge >= 0.3 is 6.03 Å². The number of aromatic amines is 1. The molecule has 4 rings (SSSR count). The first-order valence-electron chi connectivity index (χ1n) is 8.11. The zero-order valence-electron chi connectivity index (χ0n) is 13.4. The average molecular weight is 317 g/mol. The lowest BCUT2D eigenvalue weighted by molar-refractivity contribution is 0.206. The number of aromatic nitrogens is 1. The predicted octanol–water partition coefficient (Wildman–Crippen LogP) is 4.40. The zero-order valence-corrected chi connectivity index (χ0v) is 13.4. The number of nitrogens with zero attached hydrogens (tertiary/aromatic N) is 1. The van der Waals surface area contributed by atoms with Crippen molar-refractivity contribution in [3.63, 3.8) is 0 Å². The Kier molecular flexibility index (Phi) is 3.58. The van der Waals surface area contributed by atoms with Crippen LogP contribution in [0, 0.1) is 0 Å². The SMILES string of the molecule is C=Cc1ccc2c(c1)CCN(C(=O)Nc1c[nH]c3ccccc13)C2. The summed E-state index contributed by atoms with van der Waals surface area (Å²) in [4.78, 5) is 17.7. The molecule has 0 radical (unpaired) electrons. The van der Waals surface area contributed by atoms with Crippen molar-refractivity contribution in [3.05, 3.63) is 71.9 Å². The molecule has 4 heteroatoms. The van der Waals surface area contributed by atoms with Crippen LogP contribution in [0.5, 0.6) is 0 Å². The molecule has 1 aromatic heterocycles. The Morgan fingerprint density at radius 1 is 1.21 bits per heavy atom. The number of fused-ring (bicyclic) bond motifs is 2. The predicted molar refractivity (Wildman–Crippen MR) is 98.0 cm³/mol. The number of urea groups is 1. The topological polar surface area (TPSA) is 48.1 Å². The van der Waals surface area contributed by atoms with Crippen molar-refractivity contribution in [3.8, 4) is 0 Å². The molecule has 1 aliphatic heterocycles. The van der Waals surface area contributed by atoms with Crippen molar-refractivity contribution in [1.29, 1.82) is 0 Å². The van der Waals surface area contributed by atoms with Gasteiger partial charge in [-0.1, -0.05) is 49.1 Å².